The van der Waals surface area contributed by atoms with Crippen LogP contribution in [0.4, 0.5) is 0 Å². The number of amides is 1. The molecule has 0 aliphatic heterocycles. The number of hydrogen-bond acceptors (Lipinski definition) is 4. The van der Waals surface area contributed by atoms with E-state index in [-0.39, 0.29) is 5.91 Å². The highest BCUT2D eigenvalue weighted by molar-refractivity contribution is 9.10. The zero-order chi connectivity index (χ0) is 16.8. The van der Waals surface area contributed by atoms with Crippen LogP contribution >= 0.6 is 15.9 Å². The van der Waals surface area contributed by atoms with E-state index in [9.17, 15) is 4.79 Å². The molecule has 0 radical (unpaired) electrons. The van der Waals surface area contributed by atoms with Crippen LogP contribution in [0.3, 0.4) is 0 Å². The maximum atomic E-state index is 12.0. The Bertz CT molecular complexity index is 727. The fourth-order valence-corrected chi connectivity index (χ4v) is 2.19. The molecule has 2 rings (SSSR count). The van der Waals surface area contributed by atoms with E-state index in [0.29, 0.717) is 22.8 Å². The predicted octanol–water partition coefficient (Wildman–Crippen LogP) is 3.62. The molecule has 0 aliphatic carbocycles. The second-order valence-electron chi connectivity index (χ2n) is 4.71. The van der Waals surface area contributed by atoms with Gasteiger partial charge in [0.25, 0.3) is 5.91 Å². The zero-order valence-electron chi connectivity index (χ0n) is 13.1. The Kier molecular flexibility index (Phi) is 5.76. The van der Waals surface area contributed by atoms with E-state index in [1.807, 2.05) is 19.1 Å². The minimum absolute atomic E-state index is 0.266. The van der Waals surface area contributed by atoms with Crippen molar-refractivity contribution in [3.8, 4) is 11.5 Å². The first-order valence-corrected chi connectivity index (χ1v) is 7.67. The first-order chi connectivity index (χ1) is 11.0. The number of carbonyl (C=O) groups is 1. The van der Waals surface area contributed by atoms with Crippen molar-refractivity contribution in [1.82, 2.24) is 5.43 Å². The topological polar surface area (TPSA) is 59.9 Å². The Morgan fingerprint density at radius 3 is 2.22 bits per heavy atom. The van der Waals surface area contributed by atoms with Crippen LogP contribution in [0.1, 0.15) is 22.8 Å². The third kappa shape index (κ3) is 4.32. The summed E-state index contributed by atoms with van der Waals surface area (Å²) in [5.74, 6) is 0.985. The summed E-state index contributed by atoms with van der Waals surface area (Å²) in [5.41, 5.74) is 4.58. The van der Waals surface area contributed by atoms with Crippen LogP contribution < -0.4 is 14.9 Å². The molecular weight excluding hydrogens is 360 g/mol. The number of hydrogen-bond donors (Lipinski definition) is 1. The molecule has 0 fully saturated rings. The summed E-state index contributed by atoms with van der Waals surface area (Å²) in [5, 5.41) is 4.13. The summed E-state index contributed by atoms with van der Waals surface area (Å²) in [6, 6.07) is 12.5. The first kappa shape index (κ1) is 17.0. The highest BCUT2D eigenvalue weighted by Crippen LogP contribution is 2.27. The molecule has 1 amide bonds. The van der Waals surface area contributed by atoms with Gasteiger partial charge in [-0.05, 0) is 49.4 Å². The van der Waals surface area contributed by atoms with Crippen molar-refractivity contribution in [1.29, 1.82) is 0 Å². The van der Waals surface area contributed by atoms with E-state index in [2.05, 4.69) is 26.5 Å². The molecule has 2 aromatic rings. The molecular formula is C17H17BrN2O3. The molecule has 0 atom stereocenters. The van der Waals surface area contributed by atoms with Gasteiger partial charge in [0.2, 0.25) is 0 Å². The monoisotopic (exact) mass is 376 g/mol. The Morgan fingerprint density at radius 2 is 1.61 bits per heavy atom. The van der Waals surface area contributed by atoms with Crippen LogP contribution in [0.25, 0.3) is 0 Å². The van der Waals surface area contributed by atoms with E-state index in [4.69, 9.17) is 9.47 Å². The van der Waals surface area contributed by atoms with Crippen molar-refractivity contribution in [3.05, 3.63) is 58.1 Å². The summed E-state index contributed by atoms with van der Waals surface area (Å²) in [7, 11) is 3.15. The average Bonchev–Trinajstić information content (AvgIpc) is 2.59. The molecule has 120 valence electrons. The molecule has 0 bridgehead atoms. The summed E-state index contributed by atoms with van der Waals surface area (Å²) >= 11 is 3.33. The lowest BCUT2D eigenvalue weighted by atomic mass is 10.1. The molecule has 0 saturated heterocycles. The molecule has 0 saturated carbocycles. The second-order valence-corrected chi connectivity index (χ2v) is 5.63. The number of nitrogens with one attached hydrogen (secondary N) is 1. The van der Waals surface area contributed by atoms with Gasteiger partial charge in [0.1, 0.15) is 0 Å². The van der Waals surface area contributed by atoms with Crippen molar-refractivity contribution in [2.24, 2.45) is 5.10 Å². The van der Waals surface area contributed by atoms with Crippen LogP contribution in [0, 0.1) is 0 Å². The van der Waals surface area contributed by atoms with Gasteiger partial charge in [0.05, 0.1) is 19.9 Å². The van der Waals surface area contributed by atoms with Gasteiger partial charge in [-0.3, -0.25) is 4.79 Å². The largest absolute Gasteiger partial charge is 0.493 e. The summed E-state index contributed by atoms with van der Waals surface area (Å²) in [4.78, 5) is 12.0. The third-order valence-electron chi connectivity index (χ3n) is 3.23. The van der Waals surface area contributed by atoms with Crippen molar-refractivity contribution < 1.29 is 14.3 Å². The molecule has 0 heterocycles. The molecule has 23 heavy (non-hydrogen) atoms. The lowest BCUT2D eigenvalue weighted by Gasteiger charge is -2.09. The third-order valence-corrected chi connectivity index (χ3v) is 3.76. The normalized spacial score (nSPS) is 11.0. The number of benzene rings is 2. The number of halogens is 1. The van der Waals surface area contributed by atoms with Crippen molar-refractivity contribution in [2.45, 2.75) is 6.92 Å². The molecule has 1 N–H and O–H groups in total. The Balaban J connectivity index is 2.13. The number of hydrazone groups is 1. The van der Waals surface area contributed by atoms with Crippen LogP contribution in [0.2, 0.25) is 0 Å². The minimum Gasteiger partial charge on any atom is -0.493 e. The van der Waals surface area contributed by atoms with Crippen LogP contribution in [0.5, 0.6) is 11.5 Å². The molecule has 6 heteroatoms. The van der Waals surface area contributed by atoms with Gasteiger partial charge in [-0.2, -0.15) is 5.10 Å². The predicted molar refractivity (Wildman–Crippen MR) is 93.4 cm³/mol. The highest BCUT2D eigenvalue weighted by atomic mass is 79.9. The maximum Gasteiger partial charge on any atom is 0.271 e. The Labute approximate surface area is 143 Å². The minimum atomic E-state index is -0.266. The number of methoxy groups -OCH3 is 2. The van der Waals surface area contributed by atoms with Crippen molar-refractivity contribution in [3.63, 3.8) is 0 Å². The van der Waals surface area contributed by atoms with Crippen LogP contribution in [-0.4, -0.2) is 25.8 Å². The van der Waals surface area contributed by atoms with Gasteiger partial charge in [0.15, 0.2) is 11.5 Å². The van der Waals surface area contributed by atoms with E-state index in [1.54, 1.807) is 44.6 Å². The van der Waals surface area contributed by atoms with Crippen LogP contribution in [-0.2, 0) is 0 Å². The van der Waals surface area contributed by atoms with Gasteiger partial charge in [-0.25, -0.2) is 5.43 Å². The van der Waals surface area contributed by atoms with Gasteiger partial charge in [0, 0.05) is 15.6 Å². The number of ether oxygens (including phenoxy) is 2. The van der Waals surface area contributed by atoms with Gasteiger partial charge >= 0.3 is 0 Å². The van der Waals surface area contributed by atoms with Gasteiger partial charge in [-0.15, -0.1) is 0 Å². The van der Waals surface area contributed by atoms with Crippen molar-refractivity contribution >= 4 is 27.5 Å². The quantitative estimate of drug-likeness (QED) is 0.640. The number of carbonyl (C=O) groups excluding carboxylic acids is 1. The van der Waals surface area contributed by atoms with E-state index in [1.165, 1.54) is 0 Å². The van der Waals surface area contributed by atoms with E-state index in [0.717, 1.165) is 10.0 Å². The fourth-order valence-electron chi connectivity index (χ4n) is 1.93. The molecule has 0 unspecified atom stereocenters. The second kappa shape index (κ2) is 7.78. The van der Waals surface area contributed by atoms with E-state index < -0.39 is 0 Å². The van der Waals surface area contributed by atoms with Gasteiger partial charge < -0.3 is 9.47 Å². The Morgan fingerprint density at radius 1 is 1.00 bits per heavy atom. The molecule has 0 aliphatic rings. The molecule has 0 spiro atoms. The lowest BCUT2D eigenvalue weighted by molar-refractivity contribution is 0.0955. The molecule has 0 aromatic heterocycles. The number of nitrogens with zero attached hydrogens (tertiary/aromatic N) is 1. The lowest BCUT2D eigenvalue weighted by Crippen LogP contribution is -2.19. The van der Waals surface area contributed by atoms with Crippen LogP contribution in [0.15, 0.2) is 52.0 Å². The van der Waals surface area contributed by atoms with E-state index >= 15 is 0 Å². The van der Waals surface area contributed by atoms with Gasteiger partial charge in [-0.1, -0.05) is 15.9 Å². The maximum absolute atomic E-state index is 12.0. The van der Waals surface area contributed by atoms with Crippen molar-refractivity contribution in [2.75, 3.05) is 14.2 Å². The first-order valence-electron chi connectivity index (χ1n) is 6.87. The smallest absolute Gasteiger partial charge is 0.271 e. The summed E-state index contributed by atoms with van der Waals surface area (Å²) < 4.78 is 11.4. The standard InChI is InChI=1S/C17H17BrN2O3/c1-11(13-6-9-15(22-2)16(10-13)23-3)19-20-17(21)12-4-7-14(18)8-5-12/h4-10H,1-3H3,(H,20,21)/b19-11+. The number of rotatable bonds is 5. The average molecular weight is 377 g/mol. The fraction of sp³-hybridized carbons (Fsp3) is 0.176. The SMILES string of the molecule is COc1ccc(/C(C)=N/NC(=O)c2ccc(Br)cc2)cc1OC. The summed E-state index contributed by atoms with van der Waals surface area (Å²) in [6.45, 7) is 1.81. The Hall–Kier alpha value is -2.34. The molecule has 2 aromatic carbocycles. The molecule has 5 nitrogen and oxygen atoms in total. The zero-order valence-corrected chi connectivity index (χ0v) is 14.7. The highest BCUT2D eigenvalue weighted by Gasteiger charge is 2.08. The summed E-state index contributed by atoms with van der Waals surface area (Å²) in [6.07, 6.45) is 0.